The summed E-state index contributed by atoms with van der Waals surface area (Å²) in [5, 5.41) is 12.6. The number of para-hydroxylation sites is 2. The summed E-state index contributed by atoms with van der Waals surface area (Å²) in [5.41, 5.74) is 17.0. The Morgan fingerprint density at radius 1 is 0.618 bits per heavy atom. The van der Waals surface area contributed by atoms with Crippen LogP contribution in [0.5, 0.6) is 28.9 Å². The van der Waals surface area contributed by atoms with Crippen molar-refractivity contribution in [3.8, 4) is 51.1 Å². The van der Waals surface area contributed by atoms with Gasteiger partial charge in [-0.1, -0.05) is 74.0 Å². The van der Waals surface area contributed by atoms with Crippen molar-refractivity contribution in [3.05, 3.63) is 128 Å². The molecule has 8 rings (SSSR count). The molecule has 0 unspecified atom stereocenters. The number of hydrogen-bond acceptors (Lipinski definition) is 9. The minimum absolute atomic E-state index is 0.117. The number of aromatic nitrogens is 6. The normalized spacial score (nSPS) is 11.3. The maximum Gasteiger partial charge on any atom is 0.202 e. The molecule has 0 saturated heterocycles. The van der Waals surface area contributed by atoms with Crippen LogP contribution in [0.3, 0.4) is 0 Å². The van der Waals surface area contributed by atoms with E-state index >= 15 is 0 Å². The molecule has 8 aromatic rings. The molecule has 0 amide bonds. The second-order valence-corrected chi connectivity index (χ2v) is 14.1. The van der Waals surface area contributed by atoms with Gasteiger partial charge in [-0.05, 0) is 86.8 Å². The summed E-state index contributed by atoms with van der Waals surface area (Å²) >= 11 is 0. The quantitative estimate of drug-likeness (QED) is 0.132. The van der Waals surface area contributed by atoms with Crippen LogP contribution in [0.25, 0.3) is 44.3 Å². The first-order valence-corrected chi connectivity index (χ1v) is 18.2. The molecule has 0 aliphatic rings. The number of aryl methyl sites for hydroxylation is 1. The lowest BCUT2D eigenvalue weighted by Crippen LogP contribution is -2.21. The van der Waals surface area contributed by atoms with Gasteiger partial charge in [-0.2, -0.15) is 0 Å². The van der Waals surface area contributed by atoms with Gasteiger partial charge in [0.2, 0.25) is 5.88 Å². The molecule has 0 spiro atoms. The number of nitrogens with zero attached hydrogens (tertiary/aromatic N) is 6. The van der Waals surface area contributed by atoms with Crippen molar-refractivity contribution in [1.82, 2.24) is 29.1 Å². The summed E-state index contributed by atoms with van der Waals surface area (Å²) in [6.45, 7) is 9.11. The van der Waals surface area contributed by atoms with Crippen molar-refractivity contribution >= 4 is 33.7 Å². The third-order valence-corrected chi connectivity index (χ3v) is 9.13. The summed E-state index contributed by atoms with van der Waals surface area (Å²) in [6, 6.07) is 34.9. The van der Waals surface area contributed by atoms with E-state index in [9.17, 15) is 5.11 Å². The first-order valence-electron chi connectivity index (χ1n) is 18.2. The monoisotopic (exact) mass is 732 g/mol. The third kappa shape index (κ3) is 7.77. The van der Waals surface area contributed by atoms with Crippen LogP contribution in [-0.2, 0) is 12.1 Å². The molecule has 0 aliphatic carbocycles. The van der Waals surface area contributed by atoms with E-state index in [4.69, 9.17) is 20.9 Å². The third-order valence-electron chi connectivity index (χ3n) is 9.13. The van der Waals surface area contributed by atoms with Gasteiger partial charge in [0, 0.05) is 23.8 Å². The Morgan fingerprint density at radius 3 is 1.64 bits per heavy atom. The average molecular weight is 733 g/mol. The van der Waals surface area contributed by atoms with Gasteiger partial charge in [0.15, 0.2) is 0 Å². The van der Waals surface area contributed by atoms with E-state index in [1.807, 2.05) is 130 Å². The maximum atomic E-state index is 11.0. The molecule has 0 atom stereocenters. The molecule has 11 heteroatoms. The lowest BCUT2D eigenvalue weighted by Gasteiger charge is -2.22. The van der Waals surface area contributed by atoms with Gasteiger partial charge < -0.3 is 30.6 Å². The van der Waals surface area contributed by atoms with E-state index in [0.29, 0.717) is 34.0 Å². The van der Waals surface area contributed by atoms with Crippen molar-refractivity contribution in [3.63, 3.8) is 0 Å². The van der Waals surface area contributed by atoms with Gasteiger partial charge in [0.1, 0.15) is 58.6 Å². The number of anilines is 2. The first-order chi connectivity index (χ1) is 26.6. The standard InChI is InChI=1S/C22H22N4O2.C22H22N4O/c1-22(2,3)26-20-18(19(23)24-13-25-20)17(21(26)27)14-9-11-16(12-10-14)28-15-7-5-4-6-8-15;1-2-3-13-26-14-19(20-21(23)24-15-25-22(20)26)16-9-11-18(12-10-16)27-17-7-5-4-6-8-17/h4-13,27H,1-3H3,(H2,23,24,25);4-12,14-15H,2-3,13H2,1H3,(H2,23,24,25). The number of benzene rings is 4. The molecule has 55 heavy (non-hydrogen) atoms. The zero-order valence-electron chi connectivity index (χ0n) is 31.3. The lowest BCUT2D eigenvalue weighted by atomic mass is 10.1. The van der Waals surface area contributed by atoms with E-state index in [1.54, 1.807) is 4.57 Å². The fraction of sp³-hybridized carbons (Fsp3) is 0.182. The molecule has 0 radical (unpaired) electrons. The molecule has 4 heterocycles. The van der Waals surface area contributed by atoms with Crippen LogP contribution in [0.2, 0.25) is 0 Å². The number of hydrogen-bond donors (Lipinski definition) is 3. The number of aromatic hydroxyl groups is 1. The van der Waals surface area contributed by atoms with Gasteiger partial charge in [0.25, 0.3) is 0 Å². The van der Waals surface area contributed by atoms with Gasteiger partial charge in [-0.3, -0.25) is 4.57 Å². The Balaban J connectivity index is 0.000000169. The number of ether oxygens (including phenoxy) is 2. The minimum Gasteiger partial charge on any atom is -0.494 e. The number of nitrogens with two attached hydrogens (primary N) is 2. The van der Waals surface area contributed by atoms with Gasteiger partial charge >= 0.3 is 0 Å². The molecular weight excluding hydrogens is 689 g/mol. The summed E-state index contributed by atoms with van der Waals surface area (Å²) < 4.78 is 15.7. The molecule has 0 bridgehead atoms. The van der Waals surface area contributed by atoms with Gasteiger partial charge in [-0.15, -0.1) is 0 Å². The van der Waals surface area contributed by atoms with Gasteiger partial charge in [-0.25, -0.2) is 19.9 Å². The number of unbranched alkanes of at least 4 members (excludes halogenated alkanes) is 1. The molecule has 4 aromatic heterocycles. The maximum absolute atomic E-state index is 11.0. The average Bonchev–Trinajstić information content (AvgIpc) is 3.72. The Labute approximate surface area is 319 Å². The van der Waals surface area contributed by atoms with Crippen LogP contribution < -0.4 is 20.9 Å². The van der Waals surface area contributed by atoms with Crippen molar-refractivity contribution < 1.29 is 14.6 Å². The predicted octanol–water partition coefficient (Wildman–Crippen LogP) is 10.2. The molecule has 278 valence electrons. The molecule has 0 saturated carbocycles. The first kappa shape index (κ1) is 36.5. The Hall–Kier alpha value is -6.88. The Morgan fingerprint density at radius 2 is 1.11 bits per heavy atom. The highest BCUT2D eigenvalue weighted by Gasteiger charge is 2.28. The van der Waals surface area contributed by atoms with E-state index in [0.717, 1.165) is 64.4 Å². The fourth-order valence-corrected chi connectivity index (χ4v) is 6.54. The van der Waals surface area contributed by atoms with Crippen molar-refractivity contribution in [1.29, 1.82) is 0 Å². The molecule has 4 aromatic carbocycles. The summed E-state index contributed by atoms with van der Waals surface area (Å²) in [6.07, 6.45) is 7.29. The van der Waals surface area contributed by atoms with Crippen LogP contribution in [-0.4, -0.2) is 34.2 Å². The second kappa shape index (κ2) is 15.6. The zero-order chi connectivity index (χ0) is 38.5. The van der Waals surface area contributed by atoms with Crippen LogP contribution in [0.15, 0.2) is 128 Å². The van der Waals surface area contributed by atoms with Crippen LogP contribution >= 0.6 is 0 Å². The van der Waals surface area contributed by atoms with E-state index in [2.05, 4.69) is 37.6 Å². The highest BCUT2D eigenvalue weighted by atomic mass is 16.5. The SMILES string of the molecule is CC(C)(C)n1c(O)c(-c2ccc(Oc3ccccc3)cc2)c2c(N)ncnc21.CCCCn1cc(-c2ccc(Oc3ccccc3)cc2)c2c(N)ncnc21. The van der Waals surface area contributed by atoms with Crippen molar-refractivity contribution in [2.75, 3.05) is 11.5 Å². The van der Waals surface area contributed by atoms with E-state index in [-0.39, 0.29) is 11.4 Å². The number of nitrogen functional groups attached to an aromatic ring is 2. The number of fused-ring (bicyclic) bond motifs is 2. The summed E-state index contributed by atoms with van der Waals surface area (Å²) in [5.74, 6) is 4.05. The lowest BCUT2D eigenvalue weighted by molar-refractivity contribution is 0.334. The largest absolute Gasteiger partial charge is 0.494 e. The summed E-state index contributed by atoms with van der Waals surface area (Å²) in [7, 11) is 0. The molecule has 0 aliphatic heterocycles. The van der Waals surface area contributed by atoms with Crippen LogP contribution in [0, 0.1) is 0 Å². The highest BCUT2D eigenvalue weighted by molar-refractivity contribution is 6.04. The van der Waals surface area contributed by atoms with Crippen molar-refractivity contribution in [2.45, 2.75) is 52.6 Å². The second-order valence-electron chi connectivity index (χ2n) is 14.1. The molecule has 11 nitrogen and oxygen atoms in total. The van der Waals surface area contributed by atoms with E-state index < -0.39 is 0 Å². The summed E-state index contributed by atoms with van der Waals surface area (Å²) in [4.78, 5) is 17.1. The van der Waals surface area contributed by atoms with Crippen molar-refractivity contribution in [2.24, 2.45) is 0 Å². The molecular formula is C44H44N8O3. The van der Waals surface area contributed by atoms with Crippen LogP contribution in [0.4, 0.5) is 11.6 Å². The minimum atomic E-state index is -0.377. The van der Waals surface area contributed by atoms with Gasteiger partial charge in [0.05, 0.1) is 16.3 Å². The Kier molecular flexibility index (Phi) is 10.4. The Bertz CT molecular complexity index is 2520. The highest BCUT2D eigenvalue weighted by Crippen LogP contribution is 2.44. The smallest absolute Gasteiger partial charge is 0.202 e. The zero-order valence-corrected chi connectivity index (χ0v) is 31.3. The molecule has 0 fully saturated rings. The fourth-order valence-electron chi connectivity index (χ4n) is 6.54. The topological polar surface area (TPSA) is 152 Å². The van der Waals surface area contributed by atoms with Crippen LogP contribution in [0.1, 0.15) is 40.5 Å². The predicted molar refractivity (Wildman–Crippen MR) is 219 cm³/mol. The van der Waals surface area contributed by atoms with E-state index in [1.165, 1.54) is 12.7 Å². The number of rotatable bonds is 9. The molecule has 5 N–H and O–H groups in total.